The summed E-state index contributed by atoms with van der Waals surface area (Å²) >= 11 is 1.11. The Morgan fingerprint density at radius 2 is 1.94 bits per heavy atom. The Balaban J connectivity index is 1.58. The third-order valence-corrected chi connectivity index (χ3v) is 6.98. The van der Waals surface area contributed by atoms with Gasteiger partial charge in [-0.3, -0.25) is 19.1 Å². The molecule has 2 heterocycles. The molecule has 1 saturated carbocycles. The molecule has 10 nitrogen and oxygen atoms in total. The van der Waals surface area contributed by atoms with Crippen LogP contribution in [0.5, 0.6) is 0 Å². The van der Waals surface area contributed by atoms with Crippen molar-refractivity contribution >= 4 is 29.2 Å². The van der Waals surface area contributed by atoms with Gasteiger partial charge in [0.05, 0.1) is 5.75 Å². The number of nitrogens with one attached hydrogen (secondary N) is 1. The number of amides is 1. The Morgan fingerprint density at radius 3 is 2.63 bits per heavy atom. The van der Waals surface area contributed by atoms with E-state index in [0.29, 0.717) is 12.4 Å². The molecule has 3 aromatic rings. The lowest BCUT2D eigenvalue weighted by molar-refractivity contribution is -0.116. The topological polar surface area (TPSA) is 140 Å². The molecule has 0 aliphatic heterocycles. The Kier molecular flexibility index (Phi) is 7.74. The number of benzene rings is 1. The van der Waals surface area contributed by atoms with E-state index in [1.54, 1.807) is 0 Å². The quantitative estimate of drug-likeness (QED) is 0.428. The van der Waals surface area contributed by atoms with E-state index < -0.39 is 11.2 Å². The lowest BCUT2D eigenvalue weighted by Gasteiger charge is -2.29. The average molecular weight is 499 g/mol. The number of aromatic amines is 1. The summed E-state index contributed by atoms with van der Waals surface area (Å²) in [5.74, 6) is 0.0852. The molecule has 0 saturated heterocycles. The van der Waals surface area contributed by atoms with E-state index in [-0.39, 0.29) is 34.4 Å². The summed E-state index contributed by atoms with van der Waals surface area (Å²) in [7, 11) is 0. The van der Waals surface area contributed by atoms with Gasteiger partial charge in [0.2, 0.25) is 11.8 Å². The number of carbonyl (C=O) groups is 1. The van der Waals surface area contributed by atoms with Crippen molar-refractivity contribution in [1.82, 2.24) is 19.7 Å². The van der Waals surface area contributed by atoms with Gasteiger partial charge in [0.15, 0.2) is 5.69 Å². The summed E-state index contributed by atoms with van der Waals surface area (Å²) in [4.78, 5) is 42.5. The number of thioether (sulfide) groups is 1. The van der Waals surface area contributed by atoms with Gasteiger partial charge in [0.1, 0.15) is 5.82 Å². The number of aromatic nitrogens is 4. The van der Waals surface area contributed by atoms with E-state index in [1.807, 2.05) is 38.1 Å². The molecular weight excluding hydrogens is 468 g/mol. The molecule has 1 amide bonds. The van der Waals surface area contributed by atoms with Crippen LogP contribution in [0.4, 0.5) is 11.5 Å². The smallest absolute Gasteiger partial charge is 0.330 e. The number of unbranched alkanes of at least 4 members (excludes halogenated alkanes) is 1. The molecule has 3 N–H and O–H groups in total. The Morgan fingerprint density at radius 1 is 1.23 bits per heavy atom. The van der Waals surface area contributed by atoms with Gasteiger partial charge in [-0.25, -0.2) is 4.79 Å². The van der Waals surface area contributed by atoms with Crippen LogP contribution in [0.3, 0.4) is 0 Å². The molecule has 0 bridgehead atoms. The van der Waals surface area contributed by atoms with Crippen molar-refractivity contribution in [3.63, 3.8) is 0 Å². The van der Waals surface area contributed by atoms with Crippen LogP contribution in [0.15, 0.2) is 43.5 Å². The van der Waals surface area contributed by atoms with Crippen LogP contribution in [0.1, 0.15) is 51.0 Å². The minimum Gasteiger partial charge on any atom is -0.411 e. The zero-order valence-electron chi connectivity index (χ0n) is 20.0. The standard InChI is InChI=1S/C24H30N6O4S/c1-3-4-13-29-20(25)19(21(32)26-23(29)33)30(17-7-5-6-8-17)18(31)14-35-24-28-27-22(34-24)16-11-9-15(2)10-12-16/h9-12,17H,3-8,13-14,25H2,1-2H3,(H,26,32,33). The summed E-state index contributed by atoms with van der Waals surface area (Å²) in [5.41, 5.74) is 7.07. The average Bonchev–Trinajstić information content (AvgIpc) is 3.53. The Bertz CT molecular complexity index is 1290. The molecule has 0 radical (unpaired) electrons. The molecule has 0 atom stereocenters. The second kappa shape index (κ2) is 10.9. The van der Waals surface area contributed by atoms with Gasteiger partial charge in [0.25, 0.3) is 10.8 Å². The van der Waals surface area contributed by atoms with Crippen molar-refractivity contribution in [2.75, 3.05) is 16.4 Å². The molecule has 1 aliphatic carbocycles. The predicted octanol–water partition coefficient (Wildman–Crippen LogP) is 3.35. The minimum atomic E-state index is -0.648. The number of nitrogens with zero attached hydrogens (tertiary/aromatic N) is 4. The summed E-state index contributed by atoms with van der Waals surface area (Å²) < 4.78 is 7.07. The highest BCUT2D eigenvalue weighted by Crippen LogP contribution is 2.31. The van der Waals surface area contributed by atoms with Gasteiger partial charge in [-0.2, -0.15) is 0 Å². The Labute approximate surface area is 206 Å². The molecule has 186 valence electrons. The maximum atomic E-state index is 13.5. The maximum absolute atomic E-state index is 13.5. The largest absolute Gasteiger partial charge is 0.411 e. The highest BCUT2D eigenvalue weighted by atomic mass is 32.2. The first kappa shape index (κ1) is 24.8. The molecule has 1 aliphatic rings. The fourth-order valence-corrected chi connectivity index (χ4v) is 4.92. The molecule has 0 unspecified atom stereocenters. The Hall–Kier alpha value is -3.34. The van der Waals surface area contributed by atoms with Gasteiger partial charge < -0.3 is 15.1 Å². The zero-order chi connectivity index (χ0) is 24.9. The number of rotatable bonds is 9. The number of nitrogen functional groups attached to an aromatic ring is 1. The highest BCUT2D eigenvalue weighted by Gasteiger charge is 2.32. The number of hydrogen-bond donors (Lipinski definition) is 2. The molecule has 1 aromatic carbocycles. The first-order chi connectivity index (χ1) is 16.9. The van der Waals surface area contributed by atoms with Crippen LogP contribution in [0.2, 0.25) is 0 Å². The van der Waals surface area contributed by atoms with E-state index in [4.69, 9.17) is 10.2 Å². The van der Waals surface area contributed by atoms with Crippen molar-refractivity contribution in [2.45, 2.75) is 70.2 Å². The van der Waals surface area contributed by atoms with Crippen molar-refractivity contribution in [2.24, 2.45) is 0 Å². The second-order valence-electron chi connectivity index (χ2n) is 8.73. The van der Waals surface area contributed by atoms with Crippen molar-refractivity contribution in [3.8, 4) is 11.5 Å². The first-order valence-electron chi connectivity index (χ1n) is 11.9. The fraction of sp³-hybridized carbons (Fsp3) is 0.458. The molecule has 0 spiro atoms. The monoisotopic (exact) mass is 498 g/mol. The van der Waals surface area contributed by atoms with E-state index in [2.05, 4.69) is 15.2 Å². The number of hydrogen-bond acceptors (Lipinski definition) is 8. The van der Waals surface area contributed by atoms with Gasteiger partial charge in [-0.05, 0) is 38.3 Å². The molecule has 1 fully saturated rings. The van der Waals surface area contributed by atoms with Gasteiger partial charge in [0, 0.05) is 18.2 Å². The minimum absolute atomic E-state index is 0.0149. The summed E-state index contributed by atoms with van der Waals surface area (Å²) in [6.45, 7) is 4.37. The zero-order valence-corrected chi connectivity index (χ0v) is 20.8. The third kappa shape index (κ3) is 5.50. The molecule has 35 heavy (non-hydrogen) atoms. The van der Waals surface area contributed by atoms with E-state index in [1.165, 1.54) is 9.47 Å². The number of nitrogens with two attached hydrogens (primary N) is 1. The van der Waals surface area contributed by atoms with E-state index >= 15 is 0 Å². The van der Waals surface area contributed by atoms with Crippen LogP contribution in [-0.2, 0) is 11.3 Å². The van der Waals surface area contributed by atoms with Gasteiger partial charge >= 0.3 is 5.69 Å². The summed E-state index contributed by atoms with van der Waals surface area (Å²) in [6.07, 6.45) is 5.03. The lowest BCUT2D eigenvalue weighted by atomic mass is 10.1. The number of carbonyl (C=O) groups excluding carboxylic acids is 1. The number of aryl methyl sites for hydroxylation is 1. The first-order valence-corrected chi connectivity index (χ1v) is 12.9. The molecule has 2 aromatic heterocycles. The third-order valence-electron chi connectivity index (χ3n) is 6.17. The van der Waals surface area contributed by atoms with Gasteiger partial charge in [-0.1, -0.05) is 55.6 Å². The predicted molar refractivity (Wildman–Crippen MR) is 136 cm³/mol. The normalized spacial score (nSPS) is 13.9. The van der Waals surface area contributed by atoms with Crippen LogP contribution < -0.4 is 21.9 Å². The summed E-state index contributed by atoms with van der Waals surface area (Å²) in [5, 5.41) is 8.39. The maximum Gasteiger partial charge on any atom is 0.330 e. The second-order valence-corrected chi connectivity index (χ2v) is 9.65. The van der Waals surface area contributed by atoms with Crippen molar-refractivity contribution in [3.05, 3.63) is 50.7 Å². The van der Waals surface area contributed by atoms with Crippen molar-refractivity contribution < 1.29 is 9.21 Å². The van der Waals surface area contributed by atoms with Crippen LogP contribution in [0.25, 0.3) is 11.5 Å². The molecular formula is C24H30N6O4S. The van der Waals surface area contributed by atoms with Crippen molar-refractivity contribution in [1.29, 1.82) is 0 Å². The highest BCUT2D eigenvalue weighted by molar-refractivity contribution is 7.99. The fourth-order valence-electron chi connectivity index (χ4n) is 4.30. The number of H-pyrrole nitrogens is 1. The number of anilines is 2. The van der Waals surface area contributed by atoms with E-state index in [0.717, 1.165) is 61.4 Å². The lowest BCUT2D eigenvalue weighted by Crippen LogP contribution is -2.46. The summed E-state index contributed by atoms with van der Waals surface area (Å²) in [6, 6.07) is 7.54. The van der Waals surface area contributed by atoms with E-state index in [9.17, 15) is 14.4 Å². The SMILES string of the molecule is CCCCn1c(N)c(N(C(=O)CSc2nnc(-c3ccc(C)cc3)o2)C2CCCC2)c(=O)[nH]c1=O. The molecule has 11 heteroatoms. The van der Waals surface area contributed by atoms with Gasteiger partial charge in [-0.15, -0.1) is 10.2 Å². The molecule has 4 rings (SSSR count). The van der Waals surface area contributed by atoms with Crippen LogP contribution in [-0.4, -0.2) is 37.5 Å². The van der Waals surface area contributed by atoms with Crippen LogP contribution >= 0.6 is 11.8 Å². The van der Waals surface area contributed by atoms with Crippen LogP contribution in [0, 0.1) is 6.92 Å².